The summed E-state index contributed by atoms with van der Waals surface area (Å²) in [6.07, 6.45) is 5.55. The molecule has 0 aliphatic rings. The summed E-state index contributed by atoms with van der Waals surface area (Å²) < 4.78 is 1.86. The van der Waals surface area contributed by atoms with Crippen LogP contribution < -0.4 is 4.90 Å². The van der Waals surface area contributed by atoms with Crippen molar-refractivity contribution in [2.24, 2.45) is 0 Å². The Hall–Kier alpha value is -2.73. The molecule has 0 atom stereocenters. The minimum atomic E-state index is 0.851. The second-order valence-corrected chi connectivity index (χ2v) is 6.41. The van der Waals surface area contributed by atoms with Crippen molar-refractivity contribution in [3.8, 4) is 11.3 Å². The van der Waals surface area contributed by atoms with E-state index in [1.54, 1.807) is 17.5 Å². The summed E-state index contributed by atoms with van der Waals surface area (Å²) in [5.74, 6) is 0. The first-order chi connectivity index (χ1) is 11.8. The first kappa shape index (κ1) is 14.8. The molecule has 120 valence electrons. The van der Waals surface area contributed by atoms with Crippen molar-refractivity contribution in [2.45, 2.75) is 13.5 Å². The second kappa shape index (κ2) is 6.41. The summed E-state index contributed by atoms with van der Waals surface area (Å²) in [6.45, 7) is 3.90. The van der Waals surface area contributed by atoms with E-state index in [0.29, 0.717) is 0 Å². The van der Waals surface area contributed by atoms with E-state index in [2.05, 4.69) is 46.1 Å². The summed E-state index contributed by atoms with van der Waals surface area (Å²) in [5, 5.41) is 5.69. The minimum Gasteiger partial charge on any atom is -0.343 e. The van der Waals surface area contributed by atoms with E-state index >= 15 is 0 Å². The Morgan fingerprint density at radius 1 is 1.12 bits per heavy atom. The monoisotopic (exact) mass is 335 g/mol. The molecule has 1 aromatic carbocycles. The molecule has 4 aromatic rings. The number of anilines is 1. The number of imidazole rings is 1. The Bertz CT molecular complexity index is 898. The molecule has 0 bridgehead atoms. The molecule has 0 saturated carbocycles. The molecule has 0 saturated heterocycles. The van der Waals surface area contributed by atoms with Gasteiger partial charge < -0.3 is 4.90 Å². The zero-order valence-corrected chi connectivity index (χ0v) is 14.1. The van der Waals surface area contributed by atoms with E-state index in [0.717, 1.165) is 34.4 Å². The molecule has 4 rings (SSSR count). The van der Waals surface area contributed by atoms with Gasteiger partial charge in [0.05, 0.1) is 11.9 Å². The van der Waals surface area contributed by atoms with Gasteiger partial charge in [-0.05, 0) is 24.6 Å². The maximum Gasteiger partial charge on any atom is 0.214 e. The van der Waals surface area contributed by atoms with Crippen LogP contribution in [0.4, 0.5) is 5.13 Å². The molecule has 5 nitrogen and oxygen atoms in total. The quantitative estimate of drug-likeness (QED) is 0.555. The van der Waals surface area contributed by atoms with E-state index in [1.165, 1.54) is 5.56 Å². The molecule has 0 fully saturated rings. The fourth-order valence-corrected chi connectivity index (χ4v) is 3.54. The van der Waals surface area contributed by atoms with Crippen LogP contribution in [0.25, 0.3) is 16.2 Å². The normalized spacial score (nSPS) is 11.0. The molecular weight excluding hydrogens is 318 g/mol. The molecule has 0 amide bonds. The standard InChI is InChI=1S/C18H17N5S/c1-2-22(12-14-7-4-3-5-8-14)18-21-23-13-16(20-17(23)24-18)15-9-6-10-19-11-15/h3-11,13H,2,12H2,1H3. The van der Waals surface area contributed by atoms with Gasteiger partial charge in [0, 0.05) is 31.0 Å². The third-order valence-electron chi connectivity index (χ3n) is 3.86. The molecule has 3 aromatic heterocycles. The van der Waals surface area contributed by atoms with Crippen molar-refractivity contribution in [1.29, 1.82) is 0 Å². The number of fused-ring (bicyclic) bond motifs is 1. The maximum atomic E-state index is 4.70. The number of benzene rings is 1. The lowest BCUT2D eigenvalue weighted by Gasteiger charge is -2.19. The molecular formula is C18H17N5S. The molecule has 0 N–H and O–H groups in total. The third kappa shape index (κ3) is 2.88. The Kier molecular flexibility index (Phi) is 3.96. The zero-order chi connectivity index (χ0) is 16.4. The summed E-state index contributed by atoms with van der Waals surface area (Å²) in [5.41, 5.74) is 3.19. The molecule has 3 heterocycles. The van der Waals surface area contributed by atoms with Gasteiger partial charge >= 0.3 is 0 Å². The highest BCUT2D eigenvalue weighted by atomic mass is 32.1. The molecule has 0 aliphatic heterocycles. The van der Waals surface area contributed by atoms with E-state index in [9.17, 15) is 0 Å². The van der Waals surface area contributed by atoms with Crippen LogP contribution in [0.3, 0.4) is 0 Å². The van der Waals surface area contributed by atoms with Crippen LogP contribution in [-0.2, 0) is 6.54 Å². The van der Waals surface area contributed by atoms with Gasteiger partial charge in [0.2, 0.25) is 10.1 Å². The molecule has 0 aliphatic carbocycles. The van der Waals surface area contributed by atoms with E-state index in [1.807, 2.05) is 35.1 Å². The van der Waals surface area contributed by atoms with Crippen molar-refractivity contribution >= 4 is 21.4 Å². The van der Waals surface area contributed by atoms with Crippen molar-refractivity contribution < 1.29 is 0 Å². The average molecular weight is 335 g/mol. The van der Waals surface area contributed by atoms with Crippen molar-refractivity contribution in [2.75, 3.05) is 11.4 Å². The Morgan fingerprint density at radius 2 is 2.00 bits per heavy atom. The number of pyridine rings is 1. The number of aromatic nitrogens is 4. The van der Waals surface area contributed by atoms with Crippen molar-refractivity contribution in [1.82, 2.24) is 19.6 Å². The van der Waals surface area contributed by atoms with Gasteiger partial charge in [0.1, 0.15) is 0 Å². The predicted octanol–water partition coefficient (Wildman–Crippen LogP) is 3.88. The fourth-order valence-electron chi connectivity index (χ4n) is 2.59. The molecule has 0 unspecified atom stereocenters. The van der Waals surface area contributed by atoms with Crippen LogP contribution in [0, 0.1) is 0 Å². The largest absolute Gasteiger partial charge is 0.343 e. The highest BCUT2D eigenvalue weighted by Crippen LogP contribution is 2.27. The first-order valence-corrected chi connectivity index (χ1v) is 8.70. The number of rotatable bonds is 5. The van der Waals surface area contributed by atoms with Crippen LogP contribution >= 0.6 is 11.3 Å². The summed E-state index contributed by atoms with van der Waals surface area (Å²) in [6, 6.07) is 14.4. The van der Waals surface area contributed by atoms with Gasteiger partial charge in [-0.3, -0.25) is 4.98 Å². The Balaban J connectivity index is 1.61. The molecule has 0 radical (unpaired) electrons. The van der Waals surface area contributed by atoms with Crippen LogP contribution in [0.2, 0.25) is 0 Å². The zero-order valence-electron chi connectivity index (χ0n) is 13.3. The summed E-state index contributed by atoms with van der Waals surface area (Å²) >= 11 is 1.61. The molecule has 6 heteroatoms. The van der Waals surface area contributed by atoms with Crippen molar-refractivity contribution in [3.63, 3.8) is 0 Å². The lowest BCUT2D eigenvalue weighted by atomic mass is 10.2. The van der Waals surface area contributed by atoms with Gasteiger partial charge in [-0.2, -0.15) is 0 Å². The smallest absolute Gasteiger partial charge is 0.214 e. The van der Waals surface area contributed by atoms with Gasteiger partial charge in [-0.1, -0.05) is 41.7 Å². The highest BCUT2D eigenvalue weighted by Gasteiger charge is 2.14. The van der Waals surface area contributed by atoms with Crippen LogP contribution in [0.1, 0.15) is 12.5 Å². The minimum absolute atomic E-state index is 0.851. The van der Waals surface area contributed by atoms with Gasteiger partial charge in [0.15, 0.2) is 0 Å². The Labute approximate surface area is 144 Å². The average Bonchev–Trinajstić information content (AvgIpc) is 3.20. The number of hydrogen-bond donors (Lipinski definition) is 0. The Morgan fingerprint density at radius 3 is 2.71 bits per heavy atom. The van der Waals surface area contributed by atoms with Crippen LogP contribution in [0.5, 0.6) is 0 Å². The van der Waals surface area contributed by atoms with Crippen LogP contribution in [-0.4, -0.2) is 26.1 Å². The topological polar surface area (TPSA) is 46.3 Å². The van der Waals surface area contributed by atoms with Gasteiger partial charge in [-0.15, -0.1) is 5.10 Å². The second-order valence-electron chi connectivity index (χ2n) is 5.48. The molecule has 24 heavy (non-hydrogen) atoms. The first-order valence-electron chi connectivity index (χ1n) is 7.89. The third-order valence-corrected chi connectivity index (χ3v) is 4.84. The summed E-state index contributed by atoms with van der Waals surface area (Å²) in [7, 11) is 0. The maximum absolute atomic E-state index is 4.70. The molecule has 0 spiro atoms. The van der Waals surface area contributed by atoms with Crippen LogP contribution in [0.15, 0.2) is 61.1 Å². The lowest BCUT2D eigenvalue weighted by Crippen LogP contribution is -2.21. The predicted molar refractivity (Wildman–Crippen MR) is 97.3 cm³/mol. The summed E-state index contributed by atoms with van der Waals surface area (Å²) in [4.78, 5) is 12.0. The van der Waals surface area contributed by atoms with Gasteiger partial charge in [-0.25, -0.2) is 9.50 Å². The number of hydrogen-bond acceptors (Lipinski definition) is 5. The van der Waals surface area contributed by atoms with E-state index < -0.39 is 0 Å². The SMILES string of the molecule is CCN(Cc1ccccc1)c1nn2cc(-c3cccnc3)nc2s1. The van der Waals surface area contributed by atoms with Gasteiger partial charge in [0.25, 0.3) is 0 Å². The van der Waals surface area contributed by atoms with Crippen molar-refractivity contribution in [3.05, 3.63) is 66.6 Å². The lowest BCUT2D eigenvalue weighted by molar-refractivity contribution is 0.804. The van der Waals surface area contributed by atoms with E-state index in [-0.39, 0.29) is 0 Å². The van der Waals surface area contributed by atoms with E-state index in [4.69, 9.17) is 5.10 Å². The highest BCUT2D eigenvalue weighted by molar-refractivity contribution is 7.20. The fraction of sp³-hybridized carbons (Fsp3) is 0.167. The number of nitrogens with zero attached hydrogens (tertiary/aromatic N) is 5.